The number of rotatable bonds is 5. The first-order valence-corrected chi connectivity index (χ1v) is 7.18. The Hall–Kier alpha value is -2.36. The van der Waals surface area contributed by atoms with Gasteiger partial charge < -0.3 is 10.0 Å². The molecule has 2 aromatic carbocycles. The lowest BCUT2D eigenvalue weighted by Crippen LogP contribution is -2.29. The summed E-state index contributed by atoms with van der Waals surface area (Å²) in [5, 5.41) is 18.5. The van der Waals surface area contributed by atoms with Gasteiger partial charge in [0.05, 0.1) is 0 Å². The van der Waals surface area contributed by atoms with Gasteiger partial charge in [0, 0.05) is 0 Å². The monoisotopic (exact) mass is 290 g/mol. The quantitative estimate of drug-likeness (QED) is 0.656. The second-order valence-corrected chi connectivity index (χ2v) is 4.92. The van der Waals surface area contributed by atoms with Crippen molar-refractivity contribution in [3.05, 3.63) is 85.0 Å². The van der Waals surface area contributed by atoms with E-state index in [4.69, 9.17) is 0 Å². The Morgan fingerprint density at radius 2 is 1.77 bits per heavy atom. The third kappa shape index (κ3) is 3.85. The van der Waals surface area contributed by atoms with Crippen LogP contribution in [0, 0.1) is 0 Å². The number of benzene rings is 2. The summed E-state index contributed by atoms with van der Waals surface area (Å²) in [6, 6.07) is 15.4. The zero-order valence-corrected chi connectivity index (χ0v) is 12.6. The zero-order valence-electron chi connectivity index (χ0n) is 12.6. The van der Waals surface area contributed by atoms with Crippen LogP contribution in [0.2, 0.25) is 0 Å². The molecule has 2 rings (SSSR count). The van der Waals surface area contributed by atoms with E-state index >= 15 is 0 Å². The van der Waals surface area contributed by atoms with Crippen LogP contribution in [0.4, 0.5) is 0 Å². The number of allylic oxidation sites excluding steroid dienone is 5. The number of hydrogen-bond acceptors (Lipinski definition) is 2. The molecule has 0 unspecified atom stereocenters. The van der Waals surface area contributed by atoms with Gasteiger partial charge in [0.25, 0.3) is 0 Å². The van der Waals surface area contributed by atoms with E-state index in [2.05, 4.69) is 24.8 Å². The largest absolute Gasteiger partial charge is 0.488 e. The predicted molar refractivity (Wildman–Crippen MR) is 94.7 cm³/mol. The lowest BCUT2D eigenvalue weighted by Gasteiger charge is -2.07. The summed E-state index contributed by atoms with van der Waals surface area (Å²) >= 11 is 0. The molecule has 110 valence electrons. The summed E-state index contributed by atoms with van der Waals surface area (Å²) in [7, 11) is -1.45. The van der Waals surface area contributed by atoms with Crippen molar-refractivity contribution in [1.29, 1.82) is 0 Å². The van der Waals surface area contributed by atoms with Gasteiger partial charge in [-0.05, 0) is 34.6 Å². The highest BCUT2D eigenvalue weighted by Crippen LogP contribution is 2.22. The topological polar surface area (TPSA) is 40.5 Å². The van der Waals surface area contributed by atoms with Gasteiger partial charge in [0.15, 0.2) is 0 Å². The molecule has 3 heteroatoms. The van der Waals surface area contributed by atoms with Gasteiger partial charge in [-0.25, -0.2) is 0 Å². The molecule has 0 saturated carbocycles. The molecule has 0 heterocycles. The van der Waals surface area contributed by atoms with Crippen LogP contribution >= 0.6 is 0 Å². The van der Waals surface area contributed by atoms with Crippen molar-refractivity contribution in [2.75, 3.05) is 0 Å². The average molecular weight is 290 g/mol. The van der Waals surface area contributed by atoms with E-state index in [9.17, 15) is 10.0 Å². The second-order valence-electron chi connectivity index (χ2n) is 4.92. The summed E-state index contributed by atoms with van der Waals surface area (Å²) in [6.07, 6.45) is 7.74. The summed E-state index contributed by atoms with van der Waals surface area (Å²) in [6.45, 7) is 5.68. The van der Waals surface area contributed by atoms with Gasteiger partial charge in [-0.1, -0.05) is 79.4 Å². The van der Waals surface area contributed by atoms with E-state index < -0.39 is 7.12 Å². The average Bonchev–Trinajstić information content (AvgIpc) is 2.56. The fourth-order valence-electron chi connectivity index (χ4n) is 2.26. The molecule has 0 amide bonds. The van der Waals surface area contributed by atoms with Gasteiger partial charge in [0.1, 0.15) is 0 Å². The Bertz CT molecular complexity index is 698. The van der Waals surface area contributed by atoms with E-state index in [1.165, 1.54) is 0 Å². The van der Waals surface area contributed by atoms with Gasteiger partial charge in [-0.15, -0.1) is 0 Å². The fourth-order valence-corrected chi connectivity index (χ4v) is 2.26. The summed E-state index contributed by atoms with van der Waals surface area (Å²) in [5.74, 6) is 0. The van der Waals surface area contributed by atoms with Crippen LogP contribution in [0.1, 0.15) is 12.5 Å². The third-order valence-corrected chi connectivity index (χ3v) is 3.46. The second kappa shape index (κ2) is 7.60. The molecule has 0 radical (unpaired) electrons. The molecule has 0 saturated heterocycles. The lowest BCUT2D eigenvalue weighted by molar-refractivity contribution is 0.426. The lowest BCUT2D eigenvalue weighted by atomic mass is 9.79. The summed E-state index contributed by atoms with van der Waals surface area (Å²) in [4.78, 5) is 0. The first-order valence-electron chi connectivity index (χ1n) is 7.18. The maximum Gasteiger partial charge on any atom is 0.488 e. The van der Waals surface area contributed by atoms with Crippen LogP contribution in [0.3, 0.4) is 0 Å². The highest BCUT2D eigenvalue weighted by molar-refractivity contribution is 6.58. The Kier molecular flexibility index (Phi) is 5.53. The van der Waals surface area contributed by atoms with Crippen LogP contribution in [-0.2, 0) is 0 Å². The summed E-state index contributed by atoms with van der Waals surface area (Å²) in [5.41, 5.74) is 4.74. The van der Waals surface area contributed by atoms with Crippen molar-refractivity contribution >= 4 is 18.2 Å². The molecule has 0 aromatic heterocycles. The van der Waals surface area contributed by atoms with Crippen molar-refractivity contribution < 1.29 is 10.0 Å². The molecular formula is C19H19BO2. The SMILES string of the molecule is C=C/C=C\C(=C/C)c1ccc(-c2cccc(B(O)O)c2)cc1. The van der Waals surface area contributed by atoms with Gasteiger partial charge in [-0.2, -0.15) is 0 Å². The highest BCUT2D eigenvalue weighted by atomic mass is 16.4. The standard InChI is InChI=1S/C19H19BO2/c1-3-5-7-15(4-2)16-10-12-17(13-11-16)18-8-6-9-19(14-18)20(21)22/h3-14,21-22H,1H2,2H3/b7-5-,15-4+. The molecule has 0 aliphatic carbocycles. The Morgan fingerprint density at radius 1 is 1.05 bits per heavy atom. The van der Waals surface area contributed by atoms with Crippen LogP contribution in [-0.4, -0.2) is 17.2 Å². The van der Waals surface area contributed by atoms with E-state index in [0.717, 1.165) is 22.3 Å². The predicted octanol–water partition coefficient (Wildman–Crippen LogP) is 3.18. The van der Waals surface area contributed by atoms with Crippen LogP contribution in [0.25, 0.3) is 16.7 Å². The van der Waals surface area contributed by atoms with Crippen molar-refractivity contribution in [3.8, 4) is 11.1 Å². The van der Waals surface area contributed by atoms with Crippen LogP contribution < -0.4 is 5.46 Å². The smallest absolute Gasteiger partial charge is 0.423 e. The maximum atomic E-state index is 9.26. The molecule has 0 aliphatic heterocycles. The Labute approximate surface area is 131 Å². The molecule has 2 N–H and O–H groups in total. The molecule has 22 heavy (non-hydrogen) atoms. The normalized spacial score (nSPS) is 11.7. The Balaban J connectivity index is 2.31. The minimum absolute atomic E-state index is 0.490. The van der Waals surface area contributed by atoms with Crippen LogP contribution in [0.15, 0.2) is 79.4 Å². The molecule has 0 fully saturated rings. The van der Waals surface area contributed by atoms with Crippen molar-refractivity contribution in [2.45, 2.75) is 6.92 Å². The molecule has 2 aromatic rings. The van der Waals surface area contributed by atoms with Gasteiger partial charge >= 0.3 is 7.12 Å². The fraction of sp³-hybridized carbons (Fsp3) is 0.0526. The summed E-state index contributed by atoms with van der Waals surface area (Å²) < 4.78 is 0. The van der Waals surface area contributed by atoms with E-state index in [1.54, 1.807) is 18.2 Å². The maximum absolute atomic E-state index is 9.26. The Morgan fingerprint density at radius 3 is 2.36 bits per heavy atom. The third-order valence-electron chi connectivity index (χ3n) is 3.46. The molecule has 0 spiro atoms. The van der Waals surface area contributed by atoms with E-state index in [0.29, 0.717) is 5.46 Å². The van der Waals surface area contributed by atoms with E-state index in [-0.39, 0.29) is 0 Å². The van der Waals surface area contributed by atoms with Crippen LogP contribution in [0.5, 0.6) is 0 Å². The minimum atomic E-state index is -1.45. The zero-order chi connectivity index (χ0) is 15.9. The molecule has 0 aliphatic rings. The molecular weight excluding hydrogens is 271 g/mol. The first-order chi connectivity index (χ1) is 10.7. The van der Waals surface area contributed by atoms with Crippen molar-refractivity contribution in [3.63, 3.8) is 0 Å². The van der Waals surface area contributed by atoms with Gasteiger partial charge in [0.2, 0.25) is 0 Å². The van der Waals surface area contributed by atoms with E-state index in [1.807, 2.05) is 43.3 Å². The van der Waals surface area contributed by atoms with Gasteiger partial charge in [-0.3, -0.25) is 0 Å². The number of hydrogen-bond donors (Lipinski definition) is 2. The highest BCUT2D eigenvalue weighted by Gasteiger charge is 2.11. The molecule has 0 atom stereocenters. The minimum Gasteiger partial charge on any atom is -0.423 e. The molecule has 0 bridgehead atoms. The van der Waals surface area contributed by atoms with Crippen molar-refractivity contribution in [2.24, 2.45) is 0 Å². The molecule has 2 nitrogen and oxygen atoms in total. The first kappa shape index (κ1) is 16.0. The van der Waals surface area contributed by atoms with Crippen molar-refractivity contribution in [1.82, 2.24) is 0 Å².